The van der Waals surface area contributed by atoms with Crippen molar-refractivity contribution in [2.45, 2.75) is 50.5 Å². The highest BCUT2D eigenvalue weighted by Gasteiger charge is 2.32. The maximum atomic E-state index is 15.3. The summed E-state index contributed by atoms with van der Waals surface area (Å²) >= 11 is 9.46. The molecule has 0 heterocycles. The maximum Gasteiger partial charge on any atom is 0.339 e. The number of methoxy groups -OCH3 is 1. The molecule has 0 aromatic heterocycles. The number of aromatic carboxylic acids is 1. The first-order chi connectivity index (χ1) is 24.2. The van der Waals surface area contributed by atoms with Crippen LogP contribution in [0.25, 0.3) is 0 Å². The minimum absolute atomic E-state index is 0.0432. The summed E-state index contributed by atoms with van der Waals surface area (Å²) in [4.78, 5) is 26.9. The van der Waals surface area contributed by atoms with Crippen LogP contribution in [0.15, 0.2) is 59.1 Å². The second kappa shape index (κ2) is 14.5. The average Bonchev–Trinajstić information content (AvgIpc) is 4.01. The van der Waals surface area contributed by atoms with Gasteiger partial charge in [0.25, 0.3) is 0 Å². The van der Waals surface area contributed by atoms with E-state index in [0.717, 1.165) is 41.7 Å². The van der Waals surface area contributed by atoms with Crippen molar-refractivity contribution in [2.24, 2.45) is 0 Å². The van der Waals surface area contributed by atoms with Gasteiger partial charge in [-0.2, -0.15) is 0 Å². The molecule has 4 aromatic rings. The van der Waals surface area contributed by atoms with Crippen LogP contribution in [0, 0.1) is 23.3 Å². The van der Waals surface area contributed by atoms with Crippen molar-refractivity contribution in [1.82, 2.24) is 0 Å². The molecule has 2 aliphatic carbocycles. The van der Waals surface area contributed by atoms with Crippen molar-refractivity contribution in [3.05, 3.63) is 121 Å². The first-order valence-electron chi connectivity index (χ1n) is 15.8. The molecule has 51 heavy (non-hydrogen) atoms. The van der Waals surface area contributed by atoms with Crippen molar-refractivity contribution in [2.75, 3.05) is 22.5 Å². The largest absolute Gasteiger partial charge is 0.496 e. The number of hydrogen-bond donors (Lipinski definition) is 2. The highest BCUT2D eigenvalue weighted by atomic mass is 79.9. The van der Waals surface area contributed by atoms with Gasteiger partial charge in [0.05, 0.1) is 24.4 Å². The van der Waals surface area contributed by atoms with Crippen molar-refractivity contribution >= 4 is 60.8 Å². The molecule has 268 valence electrons. The van der Waals surface area contributed by atoms with E-state index >= 15 is 8.78 Å². The number of halogens is 6. The summed E-state index contributed by atoms with van der Waals surface area (Å²) in [6.45, 7) is -0.134. The molecule has 2 saturated carbocycles. The number of carboxylic acid groups (broad SMARTS) is 1. The fraction of sp³-hybridized carbons (Fsp3) is 0.278. The van der Waals surface area contributed by atoms with Gasteiger partial charge >= 0.3 is 5.97 Å². The summed E-state index contributed by atoms with van der Waals surface area (Å²) in [6, 6.07) is 14.3. The first kappa shape index (κ1) is 36.6. The summed E-state index contributed by atoms with van der Waals surface area (Å²) in [5, 5.41) is 9.64. The number of carboxylic acids is 1. The number of sulfonamides is 1. The molecule has 0 spiro atoms. The Morgan fingerprint density at radius 1 is 0.941 bits per heavy atom. The van der Waals surface area contributed by atoms with Gasteiger partial charge in [0.15, 0.2) is 23.3 Å². The average molecular weight is 810 g/mol. The van der Waals surface area contributed by atoms with Crippen LogP contribution in [-0.4, -0.2) is 38.3 Å². The van der Waals surface area contributed by atoms with E-state index in [1.54, 1.807) is 10.8 Å². The third-order valence-electron chi connectivity index (χ3n) is 8.84. The van der Waals surface area contributed by atoms with E-state index in [4.69, 9.17) is 16.3 Å². The molecule has 0 bridgehead atoms. The number of hydrogen-bond acceptors (Lipinski definition) is 5. The van der Waals surface area contributed by atoms with Crippen molar-refractivity contribution in [1.29, 1.82) is 0 Å². The minimum atomic E-state index is -4.95. The Balaban J connectivity index is 1.36. The molecule has 0 radical (unpaired) electrons. The second-order valence-electron chi connectivity index (χ2n) is 12.6. The molecule has 2 aliphatic rings. The second-order valence-corrected chi connectivity index (χ2v) is 15.5. The lowest BCUT2D eigenvalue weighted by Crippen LogP contribution is -2.37. The smallest absolute Gasteiger partial charge is 0.339 e. The van der Waals surface area contributed by atoms with Crippen molar-refractivity contribution in [3.63, 3.8) is 0 Å². The lowest BCUT2D eigenvalue weighted by molar-refractivity contribution is -0.116. The lowest BCUT2D eigenvalue weighted by atomic mass is 9.99. The molecule has 0 aliphatic heterocycles. The van der Waals surface area contributed by atoms with Gasteiger partial charge in [-0.25, -0.2) is 30.8 Å². The van der Waals surface area contributed by atoms with E-state index in [9.17, 15) is 31.9 Å². The molecule has 0 unspecified atom stereocenters. The Morgan fingerprint density at radius 3 is 2.16 bits per heavy atom. The van der Waals surface area contributed by atoms with E-state index < -0.39 is 68.6 Å². The minimum Gasteiger partial charge on any atom is -0.496 e. The predicted octanol–water partition coefficient (Wildman–Crippen LogP) is 8.69. The summed E-state index contributed by atoms with van der Waals surface area (Å²) in [7, 11) is -3.71. The van der Waals surface area contributed by atoms with Crippen molar-refractivity contribution < 1.29 is 45.4 Å². The topological polar surface area (TPSA) is 113 Å². The van der Waals surface area contributed by atoms with E-state index in [2.05, 4.69) is 22.0 Å². The Morgan fingerprint density at radius 2 is 1.57 bits per heavy atom. The van der Waals surface area contributed by atoms with Crippen LogP contribution in [0.4, 0.5) is 28.9 Å². The fourth-order valence-corrected chi connectivity index (χ4v) is 7.61. The summed E-state index contributed by atoms with van der Waals surface area (Å²) in [6.07, 6.45) is 3.43. The molecule has 15 heteroatoms. The van der Waals surface area contributed by atoms with Crippen LogP contribution in [0.3, 0.4) is 0 Å². The van der Waals surface area contributed by atoms with E-state index in [0.29, 0.717) is 21.9 Å². The number of benzene rings is 4. The number of nitrogens with zero attached hydrogens (tertiary/aromatic N) is 1. The molecular formula is C36H30BrClF4N2O6S. The van der Waals surface area contributed by atoms with Gasteiger partial charge in [-0.15, -0.1) is 0 Å². The number of anilines is 2. The Bertz CT molecular complexity index is 2150. The van der Waals surface area contributed by atoms with E-state index in [-0.39, 0.29) is 34.1 Å². The molecule has 0 atom stereocenters. The molecule has 2 fully saturated rings. The molecule has 2 N–H and O–H groups in total. The Kier molecular flexibility index (Phi) is 10.4. The van der Waals surface area contributed by atoms with Gasteiger partial charge in [0, 0.05) is 28.2 Å². The molecule has 8 nitrogen and oxygen atoms in total. The van der Waals surface area contributed by atoms with Crippen LogP contribution >= 0.6 is 27.5 Å². The molecule has 1 amide bonds. The van der Waals surface area contributed by atoms with Gasteiger partial charge in [-0.3, -0.25) is 9.52 Å². The van der Waals surface area contributed by atoms with Gasteiger partial charge in [-0.1, -0.05) is 41.9 Å². The zero-order valence-electron chi connectivity index (χ0n) is 26.9. The normalized spacial score (nSPS) is 14.3. The number of ether oxygens (including phenoxy) is 1. The fourth-order valence-electron chi connectivity index (χ4n) is 5.93. The number of rotatable bonds is 13. The molecule has 6 rings (SSSR count). The standard InChI is InChI=1S/C36H30BrClF4N2O6S/c1-50-28-15-24(9-10-25(28)36(46)47)44(16-18-11-22(19-5-6-19)13-23(12-18)20-7-8-20)29(45)17-51(48,49)43-35-26(31(39)32(40)33(41)34(35)42)14-21-3-2-4-27(37)30(21)38/h2-4,9-13,15,19-20,43H,5-8,14,16-17H2,1H3,(H,46,47). The zero-order chi connectivity index (χ0) is 36.8. The number of carbonyl (C=O) groups excluding carboxylic acids is 1. The highest BCUT2D eigenvalue weighted by Crippen LogP contribution is 2.45. The summed E-state index contributed by atoms with van der Waals surface area (Å²) in [5.74, 6) is -11.3. The predicted molar refractivity (Wildman–Crippen MR) is 187 cm³/mol. The SMILES string of the molecule is COc1cc(N(Cc2cc(C3CC3)cc(C3CC3)c2)C(=O)CS(=O)(=O)Nc2c(F)c(F)c(F)c(F)c2Cc2cccc(Br)c2Cl)ccc1C(=O)O. The van der Waals surface area contributed by atoms with Gasteiger partial charge in [0.2, 0.25) is 15.9 Å². The van der Waals surface area contributed by atoms with E-state index in [1.807, 2.05) is 12.1 Å². The monoisotopic (exact) mass is 808 g/mol. The maximum absolute atomic E-state index is 15.3. The van der Waals surface area contributed by atoms with Crippen LogP contribution in [0.5, 0.6) is 5.75 Å². The molecule has 0 saturated heterocycles. The third kappa shape index (κ3) is 8.02. The van der Waals surface area contributed by atoms with Crippen LogP contribution in [0.1, 0.15) is 75.7 Å². The molecule has 4 aromatic carbocycles. The van der Waals surface area contributed by atoms with E-state index in [1.165, 1.54) is 37.4 Å². The van der Waals surface area contributed by atoms with Crippen LogP contribution < -0.4 is 14.4 Å². The van der Waals surface area contributed by atoms with Crippen LogP contribution in [-0.2, 0) is 27.8 Å². The van der Waals surface area contributed by atoms with Crippen molar-refractivity contribution in [3.8, 4) is 5.75 Å². The summed E-state index contributed by atoms with van der Waals surface area (Å²) < 4.78 is 93.9. The number of nitrogens with one attached hydrogen (secondary N) is 1. The Labute approximate surface area is 304 Å². The van der Waals surface area contributed by atoms with Gasteiger partial charge in [-0.05, 0) is 93.9 Å². The highest BCUT2D eigenvalue weighted by molar-refractivity contribution is 9.10. The lowest BCUT2D eigenvalue weighted by Gasteiger charge is -2.25. The third-order valence-corrected chi connectivity index (χ3v) is 11.3. The first-order valence-corrected chi connectivity index (χ1v) is 18.6. The number of amides is 1. The Hall–Kier alpha value is -4.14. The summed E-state index contributed by atoms with van der Waals surface area (Å²) in [5.41, 5.74) is 0.824. The van der Waals surface area contributed by atoms with Gasteiger partial charge in [0.1, 0.15) is 17.1 Å². The van der Waals surface area contributed by atoms with Crippen LogP contribution in [0.2, 0.25) is 5.02 Å². The molecular weight excluding hydrogens is 780 g/mol. The zero-order valence-corrected chi connectivity index (χ0v) is 30.1. The number of carbonyl (C=O) groups is 2. The quantitative estimate of drug-likeness (QED) is 0.0795. The van der Waals surface area contributed by atoms with Gasteiger partial charge < -0.3 is 14.7 Å².